The van der Waals surface area contributed by atoms with Crippen molar-refractivity contribution < 1.29 is 14.3 Å². The fourth-order valence-corrected chi connectivity index (χ4v) is 1.87. The third-order valence-electron chi connectivity index (χ3n) is 2.68. The van der Waals surface area contributed by atoms with E-state index in [0.717, 1.165) is 5.56 Å². The minimum absolute atomic E-state index is 0.193. The first kappa shape index (κ1) is 15.0. The van der Waals surface area contributed by atoms with Crippen molar-refractivity contribution in [3.05, 3.63) is 34.3 Å². The van der Waals surface area contributed by atoms with Crippen LogP contribution in [-0.4, -0.2) is 32.5 Å². The van der Waals surface area contributed by atoms with Gasteiger partial charge in [0.1, 0.15) is 0 Å². The van der Waals surface area contributed by atoms with Crippen LogP contribution in [0.3, 0.4) is 0 Å². The second-order valence-electron chi connectivity index (χ2n) is 4.06. The van der Waals surface area contributed by atoms with Gasteiger partial charge in [0.05, 0.1) is 6.04 Å². The highest BCUT2D eigenvalue weighted by molar-refractivity contribution is 6.31. The Hall–Kier alpha value is -1.10. The molecule has 18 heavy (non-hydrogen) atoms. The van der Waals surface area contributed by atoms with Gasteiger partial charge in [0.2, 0.25) is 0 Å². The molecule has 4 nitrogen and oxygen atoms in total. The van der Waals surface area contributed by atoms with Crippen molar-refractivity contribution in [2.75, 3.05) is 14.2 Å². The molecule has 0 aromatic heterocycles. The van der Waals surface area contributed by atoms with Crippen molar-refractivity contribution >= 4 is 17.5 Å². The maximum Gasteiger partial charge on any atom is 0.251 e. The molecule has 5 heteroatoms. The molecule has 0 spiro atoms. The van der Waals surface area contributed by atoms with Crippen LogP contribution in [0.2, 0.25) is 5.02 Å². The van der Waals surface area contributed by atoms with E-state index in [2.05, 4.69) is 5.32 Å². The number of aryl methyl sites for hydroxylation is 1. The van der Waals surface area contributed by atoms with Crippen molar-refractivity contribution in [1.82, 2.24) is 5.32 Å². The molecule has 0 bridgehead atoms. The molecule has 1 aromatic rings. The van der Waals surface area contributed by atoms with E-state index in [0.29, 0.717) is 10.6 Å². The van der Waals surface area contributed by atoms with Crippen LogP contribution in [0, 0.1) is 6.92 Å². The quantitative estimate of drug-likeness (QED) is 0.837. The van der Waals surface area contributed by atoms with Gasteiger partial charge in [-0.25, -0.2) is 0 Å². The fourth-order valence-electron chi connectivity index (χ4n) is 1.70. The first-order valence-corrected chi connectivity index (χ1v) is 6.00. The molecule has 0 aliphatic rings. The average Bonchev–Trinajstić information content (AvgIpc) is 2.33. The highest BCUT2D eigenvalue weighted by Gasteiger charge is 2.19. The molecule has 0 heterocycles. The van der Waals surface area contributed by atoms with E-state index >= 15 is 0 Å². The van der Waals surface area contributed by atoms with Crippen LogP contribution in [-0.2, 0) is 9.47 Å². The molecule has 1 unspecified atom stereocenters. The normalized spacial score (nSPS) is 12.6. The number of nitrogens with one attached hydrogen (secondary N) is 1. The smallest absolute Gasteiger partial charge is 0.251 e. The molecule has 1 amide bonds. The lowest BCUT2D eigenvalue weighted by molar-refractivity contribution is -0.117. The molecular formula is C13H18ClNO3. The summed E-state index contributed by atoms with van der Waals surface area (Å²) in [6.45, 7) is 3.68. The molecule has 100 valence electrons. The largest absolute Gasteiger partial charge is 0.354 e. The number of ether oxygens (including phenoxy) is 2. The monoisotopic (exact) mass is 271 g/mol. The van der Waals surface area contributed by atoms with Crippen LogP contribution < -0.4 is 5.32 Å². The first-order valence-electron chi connectivity index (χ1n) is 5.62. The Morgan fingerprint density at radius 2 is 1.94 bits per heavy atom. The van der Waals surface area contributed by atoms with Gasteiger partial charge < -0.3 is 14.8 Å². The molecule has 0 aliphatic carbocycles. The van der Waals surface area contributed by atoms with Gasteiger partial charge in [-0.15, -0.1) is 0 Å². The van der Waals surface area contributed by atoms with Crippen molar-refractivity contribution in [3.63, 3.8) is 0 Å². The molecule has 0 fully saturated rings. The number of halogens is 1. The zero-order valence-corrected chi connectivity index (χ0v) is 11.7. The van der Waals surface area contributed by atoms with Crippen molar-refractivity contribution in [3.8, 4) is 0 Å². The van der Waals surface area contributed by atoms with Gasteiger partial charge in [0, 0.05) is 24.8 Å². The number of carbonyl (C=O) groups is 1. The molecule has 1 N–H and O–H groups in total. The van der Waals surface area contributed by atoms with Crippen LogP contribution in [0.4, 0.5) is 0 Å². The van der Waals surface area contributed by atoms with E-state index in [9.17, 15) is 4.79 Å². The van der Waals surface area contributed by atoms with Crippen molar-refractivity contribution in [1.29, 1.82) is 0 Å². The number of benzene rings is 1. The summed E-state index contributed by atoms with van der Waals surface area (Å²) < 4.78 is 10.2. The number of carbonyl (C=O) groups excluding carboxylic acids is 1. The number of amides is 1. The maximum absolute atomic E-state index is 12.1. The molecule has 0 saturated carbocycles. The van der Waals surface area contributed by atoms with Gasteiger partial charge in [0.15, 0.2) is 6.29 Å². The summed E-state index contributed by atoms with van der Waals surface area (Å²) in [5.41, 5.74) is 1.43. The average molecular weight is 272 g/mol. The summed E-state index contributed by atoms with van der Waals surface area (Å²) in [7, 11) is 3.06. The van der Waals surface area contributed by atoms with Crippen molar-refractivity contribution in [2.45, 2.75) is 26.2 Å². The van der Waals surface area contributed by atoms with Gasteiger partial charge in [0.25, 0.3) is 5.91 Å². The van der Waals surface area contributed by atoms with Gasteiger partial charge in [-0.05, 0) is 31.5 Å². The molecule has 0 aliphatic heterocycles. The zero-order valence-electron chi connectivity index (χ0n) is 11.0. The van der Waals surface area contributed by atoms with Crippen LogP contribution in [0.5, 0.6) is 0 Å². The number of methoxy groups -OCH3 is 2. The molecule has 1 atom stereocenters. The molecular weight excluding hydrogens is 254 g/mol. The van der Waals surface area contributed by atoms with E-state index in [4.69, 9.17) is 21.1 Å². The SMILES string of the molecule is COC(OC)C(C)NC(=O)c1cc(Cl)ccc1C. The van der Waals surface area contributed by atoms with E-state index < -0.39 is 6.29 Å². The second-order valence-corrected chi connectivity index (χ2v) is 4.50. The number of rotatable bonds is 5. The third kappa shape index (κ3) is 3.70. The summed E-state index contributed by atoms with van der Waals surface area (Å²) in [5.74, 6) is -0.193. The standard InChI is InChI=1S/C13H18ClNO3/c1-8-5-6-10(14)7-11(8)12(16)15-9(2)13(17-3)18-4/h5-7,9,13H,1-4H3,(H,15,16). The van der Waals surface area contributed by atoms with Gasteiger partial charge in [-0.1, -0.05) is 17.7 Å². The Kier molecular flexibility index (Phi) is 5.59. The Morgan fingerprint density at radius 1 is 1.33 bits per heavy atom. The predicted octanol–water partition coefficient (Wildman–Crippen LogP) is 2.39. The Balaban J connectivity index is 2.79. The predicted molar refractivity (Wildman–Crippen MR) is 70.9 cm³/mol. The van der Waals surface area contributed by atoms with Gasteiger partial charge in [-0.3, -0.25) is 4.79 Å². The minimum Gasteiger partial charge on any atom is -0.354 e. The number of hydrogen-bond donors (Lipinski definition) is 1. The summed E-state index contributed by atoms with van der Waals surface area (Å²) in [5, 5.41) is 3.35. The number of hydrogen-bond acceptors (Lipinski definition) is 3. The van der Waals surface area contributed by atoms with E-state index in [1.54, 1.807) is 12.1 Å². The van der Waals surface area contributed by atoms with E-state index in [1.165, 1.54) is 14.2 Å². The summed E-state index contributed by atoms with van der Waals surface area (Å²) in [6.07, 6.45) is -0.478. The zero-order chi connectivity index (χ0) is 13.7. The Labute approximate surface area is 112 Å². The maximum atomic E-state index is 12.1. The third-order valence-corrected chi connectivity index (χ3v) is 2.91. The van der Waals surface area contributed by atoms with Crippen LogP contribution in [0.25, 0.3) is 0 Å². The summed E-state index contributed by atoms with van der Waals surface area (Å²) in [4.78, 5) is 12.1. The van der Waals surface area contributed by atoms with Gasteiger partial charge >= 0.3 is 0 Å². The summed E-state index contributed by atoms with van der Waals surface area (Å²) in [6, 6.07) is 4.95. The van der Waals surface area contributed by atoms with Crippen molar-refractivity contribution in [2.24, 2.45) is 0 Å². The lowest BCUT2D eigenvalue weighted by Gasteiger charge is -2.22. The second kappa shape index (κ2) is 6.73. The minimum atomic E-state index is -0.478. The van der Waals surface area contributed by atoms with Crippen LogP contribution in [0.1, 0.15) is 22.8 Å². The van der Waals surface area contributed by atoms with Crippen LogP contribution in [0.15, 0.2) is 18.2 Å². The molecule has 0 saturated heterocycles. The lowest BCUT2D eigenvalue weighted by Crippen LogP contribution is -2.43. The molecule has 1 rings (SSSR count). The molecule has 0 radical (unpaired) electrons. The fraction of sp³-hybridized carbons (Fsp3) is 0.462. The van der Waals surface area contributed by atoms with E-state index in [1.807, 2.05) is 19.9 Å². The van der Waals surface area contributed by atoms with Gasteiger partial charge in [-0.2, -0.15) is 0 Å². The topological polar surface area (TPSA) is 47.6 Å². The van der Waals surface area contributed by atoms with Crippen LogP contribution >= 0.6 is 11.6 Å². The first-order chi connectivity index (χ1) is 8.49. The highest BCUT2D eigenvalue weighted by Crippen LogP contribution is 2.15. The van der Waals surface area contributed by atoms with E-state index in [-0.39, 0.29) is 11.9 Å². The molecule has 1 aromatic carbocycles. The Morgan fingerprint density at radius 3 is 2.50 bits per heavy atom. The highest BCUT2D eigenvalue weighted by atomic mass is 35.5. The summed E-state index contributed by atoms with van der Waals surface area (Å²) >= 11 is 5.89. The Bertz CT molecular complexity index is 419. The lowest BCUT2D eigenvalue weighted by atomic mass is 10.1.